The van der Waals surface area contributed by atoms with Gasteiger partial charge in [-0.3, -0.25) is 4.79 Å². The second-order valence-electron chi connectivity index (χ2n) is 7.09. The molecule has 1 fully saturated rings. The van der Waals surface area contributed by atoms with E-state index in [-0.39, 0.29) is 5.91 Å². The van der Waals surface area contributed by atoms with E-state index in [4.69, 9.17) is 23.2 Å². The highest BCUT2D eigenvalue weighted by molar-refractivity contribution is 6.31. The number of amides is 1. The summed E-state index contributed by atoms with van der Waals surface area (Å²) in [4.78, 5) is 16.8. The van der Waals surface area contributed by atoms with Crippen molar-refractivity contribution in [2.75, 3.05) is 33.2 Å². The Morgan fingerprint density at radius 3 is 1.75 bits per heavy atom. The molecule has 0 bridgehead atoms. The van der Waals surface area contributed by atoms with Crippen LogP contribution in [0.3, 0.4) is 0 Å². The van der Waals surface area contributed by atoms with Crippen LogP contribution in [0.2, 0.25) is 10.0 Å². The zero-order chi connectivity index (χ0) is 20.1. The minimum atomic E-state index is 0.0633. The molecule has 0 spiro atoms. The third-order valence-corrected chi connectivity index (χ3v) is 5.35. The lowest BCUT2D eigenvalue weighted by molar-refractivity contribution is -0.127. The lowest BCUT2D eigenvalue weighted by Gasteiger charge is -2.31. The van der Waals surface area contributed by atoms with Gasteiger partial charge in [-0.1, -0.05) is 53.5 Å². The maximum atomic E-state index is 12.6. The molecule has 2 aromatic carbocycles. The van der Waals surface area contributed by atoms with Crippen molar-refractivity contribution in [1.82, 2.24) is 9.80 Å². The summed E-state index contributed by atoms with van der Waals surface area (Å²) in [7, 11) is 2.08. The standard InChI is InChI=1S/C23H24Cl2N2O/c1-17(16-23(28)27-13-11-26(2)12-14-27)15-22(18-3-7-20(24)8-4-18)19-5-9-21(25)10-6-19/h3-10,15-16H,11-14H2,1-2H3. The summed E-state index contributed by atoms with van der Waals surface area (Å²) in [6, 6.07) is 15.4. The molecule has 1 amide bonds. The van der Waals surface area contributed by atoms with E-state index >= 15 is 0 Å². The number of carbonyl (C=O) groups excluding carboxylic acids is 1. The van der Waals surface area contributed by atoms with Crippen LogP contribution in [-0.4, -0.2) is 48.9 Å². The van der Waals surface area contributed by atoms with Crippen LogP contribution in [0.25, 0.3) is 5.57 Å². The number of rotatable bonds is 4. The van der Waals surface area contributed by atoms with Crippen LogP contribution in [0, 0.1) is 0 Å². The van der Waals surface area contributed by atoms with Crippen molar-refractivity contribution in [3.63, 3.8) is 0 Å². The third-order valence-electron chi connectivity index (χ3n) is 4.85. The van der Waals surface area contributed by atoms with Crippen molar-refractivity contribution in [2.45, 2.75) is 6.92 Å². The number of hydrogen-bond donors (Lipinski definition) is 0. The summed E-state index contributed by atoms with van der Waals surface area (Å²) in [5.74, 6) is 0.0633. The average Bonchev–Trinajstić information content (AvgIpc) is 2.68. The predicted molar refractivity (Wildman–Crippen MR) is 118 cm³/mol. The topological polar surface area (TPSA) is 23.6 Å². The van der Waals surface area contributed by atoms with Gasteiger partial charge >= 0.3 is 0 Å². The van der Waals surface area contributed by atoms with Gasteiger partial charge in [-0.05, 0) is 60.5 Å². The minimum Gasteiger partial charge on any atom is -0.337 e. The van der Waals surface area contributed by atoms with Gasteiger partial charge in [0.2, 0.25) is 5.91 Å². The molecule has 146 valence electrons. The Bertz CT molecular complexity index is 830. The molecule has 1 heterocycles. The molecule has 0 N–H and O–H groups in total. The number of piperazine rings is 1. The molecule has 5 heteroatoms. The number of carbonyl (C=O) groups is 1. The van der Waals surface area contributed by atoms with Gasteiger partial charge in [0.05, 0.1) is 0 Å². The van der Waals surface area contributed by atoms with Crippen molar-refractivity contribution in [2.24, 2.45) is 0 Å². The number of hydrogen-bond acceptors (Lipinski definition) is 2. The van der Waals surface area contributed by atoms with Crippen molar-refractivity contribution in [3.8, 4) is 0 Å². The predicted octanol–water partition coefficient (Wildman–Crippen LogP) is 5.15. The van der Waals surface area contributed by atoms with E-state index in [0.29, 0.717) is 10.0 Å². The lowest BCUT2D eigenvalue weighted by atomic mass is 9.96. The number of likely N-dealkylation sites (N-methyl/N-ethyl adjacent to an activating group) is 1. The SMILES string of the molecule is CC(=CC(=O)N1CCN(C)CC1)C=C(c1ccc(Cl)cc1)c1ccc(Cl)cc1. The van der Waals surface area contributed by atoms with Crippen LogP contribution in [0.15, 0.2) is 66.3 Å². The van der Waals surface area contributed by atoms with Crippen molar-refractivity contribution in [3.05, 3.63) is 87.4 Å². The molecule has 0 aromatic heterocycles. The van der Waals surface area contributed by atoms with E-state index in [0.717, 1.165) is 48.5 Å². The second-order valence-corrected chi connectivity index (χ2v) is 7.96. The van der Waals surface area contributed by atoms with Crippen LogP contribution >= 0.6 is 23.2 Å². The zero-order valence-electron chi connectivity index (χ0n) is 16.2. The summed E-state index contributed by atoms with van der Waals surface area (Å²) < 4.78 is 0. The maximum Gasteiger partial charge on any atom is 0.246 e. The molecule has 0 atom stereocenters. The summed E-state index contributed by atoms with van der Waals surface area (Å²) in [5.41, 5.74) is 4.00. The number of nitrogens with zero attached hydrogens (tertiary/aromatic N) is 2. The minimum absolute atomic E-state index is 0.0633. The average molecular weight is 415 g/mol. The molecule has 3 rings (SSSR count). The van der Waals surface area contributed by atoms with Crippen molar-refractivity contribution < 1.29 is 4.79 Å². The number of halogens is 2. The number of benzene rings is 2. The lowest BCUT2D eigenvalue weighted by Crippen LogP contribution is -2.46. The fourth-order valence-corrected chi connectivity index (χ4v) is 3.43. The van der Waals surface area contributed by atoms with Gasteiger partial charge in [0.1, 0.15) is 0 Å². The Morgan fingerprint density at radius 1 is 0.821 bits per heavy atom. The first kappa shape index (κ1) is 20.7. The van der Waals surface area contributed by atoms with Gasteiger partial charge in [-0.25, -0.2) is 0 Å². The first-order valence-corrected chi connectivity index (χ1v) is 10.1. The molecule has 1 aliphatic rings. The molecule has 0 saturated carbocycles. The van der Waals surface area contributed by atoms with E-state index in [9.17, 15) is 4.79 Å². The van der Waals surface area contributed by atoms with E-state index in [1.54, 1.807) is 6.08 Å². The molecular weight excluding hydrogens is 391 g/mol. The van der Waals surface area contributed by atoms with Crippen LogP contribution < -0.4 is 0 Å². The third kappa shape index (κ3) is 5.48. The Balaban J connectivity index is 1.90. The van der Waals surface area contributed by atoms with Crippen LogP contribution in [0.4, 0.5) is 0 Å². The highest BCUT2D eigenvalue weighted by atomic mass is 35.5. The Hall–Kier alpha value is -2.07. The zero-order valence-corrected chi connectivity index (χ0v) is 17.7. The molecular formula is C23H24Cl2N2O. The summed E-state index contributed by atoms with van der Waals surface area (Å²) in [6.07, 6.45) is 3.76. The van der Waals surface area contributed by atoms with Gasteiger partial charge in [-0.15, -0.1) is 0 Å². The Kier molecular flexibility index (Phi) is 6.95. The van der Waals surface area contributed by atoms with Gasteiger partial charge in [0.15, 0.2) is 0 Å². The Morgan fingerprint density at radius 2 is 1.29 bits per heavy atom. The normalized spacial score (nSPS) is 15.4. The smallest absolute Gasteiger partial charge is 0.246 e. The molecule has 0 unspecified atom stereocenters. The molecule has 1 saturated heterocycles. The first-order valence-electron chi connectivity index (χ1n) is 9.32. The maximum absolute atomic E-state index is 12.6. The monoisotopic (exact) mass is 414 g/mol. The molecule has 1 aliphatic heterocycles. The van der Waals surface area contributed by atoms with Gasteiger partial charge < -0.3 is 9.80 Å². The molecule has 2 aromatic rings. The largest absolute Gasteiger partial charge is 0.337 e. The molecule has 0 radical (unpaired) electrons. The van der Waals surface area contributed by atoms with Crippen molar-refractivity contribution >= 4 is 34.7 Å². The fraction of sp³-hybridized carbons (Fsp3) is 0.261. The highest BCUT2D eigenvalue weighted by Crippen LogP contribution is 2.27. The van der Waals surface area contributed by atoms with Gasteiger partial charge in [0.25, 0.3) is 0 Å². The number of allylic oxidation sites excluding steroid dienone is 2. The van der Waals surface area contributed by atoms with E-state index in [1.807, 2.05) is 66.4 Å². The molecule has 0 aliphatic carbocycles. The summed E-state index contributed by atoms with van der Waals surface area (Å²) in [5, 5.41) is 1.38. The van der Waals surface area contributed by atoms with E-state index in [1.165, 1.54) is 0 Å². The summed E-state index contributed by atoms with van der Waals surface area (Å²) >= 11 is 12.1. The van der Waals surface area contributed by atoms with Crippen LogP contribution in [-0.2, 0) is 4.79 Å². The van der Waals surface area contributed by atoms with E-state index < -0.39 is 0 Å². The fourth-order valence-electron chi connectivity index (χ4n) is 3.17. The van der Waals surface area contributed by atoms with Gasteiger partial charge in [0, 0.05) is 42.3 Å². The molecule has 28 heavy (non-hydrogen) atoms. The van der Waals surface area contributed by atoms with Crippen molar-refractivity contribution in [1.29, 1.82) is 0 Å². The Labute approximate surface area is 176 Å². The molecule has 3 nitrogen and oxygen atoms in total. The first-order chi connectivity index (χ1) is 13.4. The summed E-state index contributed by atoms with van der Waals surface area (Å²) in [6.45, 7) is 5.32. The van der Waals surface area contributed by atoms with Gasteiger partial charge in [-0.2, -0.15) is 0 Å². The quantitative estimate of drug-likeness (QED) is 0.510. The van der Waals surface area contributed by atoms with Crippen LogP contribution in [0.5, 0.6) is 0 Å². The second kappa shape index (κ2) is 9.42. The van der Waals surface area contributed by atoms with Crippen LogP contribution in [0.1, 0.15) is 18.1 Å². The van der Waals surface area contributed by atoms with E-state index in [2.05, 4.69) is 11.9 Å². The highest BCUT2D eigenvalue weighted by Gasteiger charge is 2.17.